The molecule has 0 radical (unpaired) electrons. The molecular weight excluding hydrogens is 254 g/mol. The number of nitrogens with two attached hydrogens (primary N) is 2. The Hall–Kier alpha value is -0.810. The summed E-state index contributed by atoms with van der Waals surface area (Å²) in [6.07, 6.45) is 3.54. The molecule has 1 rings (SSSR count). The van der Waals surface area contributed by atoms with E-state index in [1.807, 2.05) is 13.8 Å². The molecule has 0 aromatic heterocycles. The van der Waals surface area contributed by atoms with Crippen LogP contribution in [-0.2, 0) is 9.59 Å². The lowest BCUT2D eigenvalue weighted by Crippen LogP contribution is -2.44. The minimum Gasteiger partial charge on any atom is -0.368 e. The molecule has 0 aliphatic heterocycles. The van der Waals surface area contributed by atoms with Crippen molar-refractivity contribution in [1.82, 2.24) is 4.90 Å². The van der Waals surface area contributed by atoms with Gasteiger partial charge in [0, 0.05) is 18.5 Å². The van der Waals surface area contributed by atoms with Crippen molar-refractivity contribution < 1.29 is 9.59 Å². The second-order valence-corrected chi connectivity index (χ2v) is 5.14. The lowest BCUT2D eigenvalue weighted by atomic mass is 9.99. The zero-order valence-corrected chi connectivity index (χ0v) is 11.9. The lowest BCUT2D eigenvalue weighted by molar-refractivity contribution is -0.137. The number of carbonyl (C=O) groups is 2. The first-order valence-electron chi connectivity index (χ1n) is 6.25. The van der Waals surface area contributed by atoms with Crippen LogP contribution in [0.4, 0.5) is 0 Å². The van der Waals surface area contributed by atoms with Gasteiger partial charge in [0.2, 0.25) is 11.8 Å². The lowest BCUT2D eigenvalue weighted by Gasteiger charge is -2.27. The number of primary amides is 1. The first-order chi connectivity index (χ1) is 7.91. The predicted molar refractivity (Wildman–Crippen MR) is 73.2 cm³/mol. The molecule has 2 amide bonds. The maximum absolute atomic E-state index is 12.1. The van der Waals surface area contributed by atoms with Gasteiger partial charge < -0.3 is 16.4 Å². The van der Waals surface area contributed by atoms with Gasteiger partial charge in [0.05, 0.1) is 6.54 Å². The molecule has 0 heterocycles. The van der Waals surface area contributed by atoms with E-state index < -0.39 is 5.91 Å². The van der Waals surface area contributed by atoms with Crippen molar-refractivity contribution in [2.75, 3.05) is 6.54 Å². The first-order valence-corrected chi connectivity index (χ1v) is 6.25. The van der Waals surface area contributed by atoms with Crippen molar-refractivity contribution in [2.45, 2.75) is 51.6 Å². The molecule has 0 saturated heterocycles. The molecule has 18 heavy (non-hydrogen) atoms. The SMILES string of the molecule is CC(C)N(CC(N)=O)C(=O)C[C@@H]1CCC[C@H]1N.Cl. The van der Waals surface area contributed by atoms with E-state index in [1.54, 1.807) is 0 Å². The maximum Gasteiger partial charge on any atom is 0.237 e. The van der Waals surface area contributed by atoms with Crippen molar-refractivity contribution in [3.8, 4) is 0 Å². The van der Waals surface area contributed by atoms with Gasteiger partial charge in [0.1, 0.15) is 0 Å². The smallest absolute Gasteiger partial charge is 0.237 e. The molecule has 0 spiro atoms. The summed E-state index contributed by atoms with van der Waals surface area (Å²) in [6.45, 7) is 3.77. The Morgan fingerprint density at radius 2 is 1.94 bits per heavy atom. The number of amides is 2. The first kappa shape index (κ1) is 17.2. The van der Waals surface area contributed by atoms with Gasteiger partial charge in [-0.3, -0.25) is 9.59 Å². The molecule has 1 aliphatic carbocycles. The Balaban J connectivity index is 0.00000289. The van der Waals surface area contributed by atoms with Gasteiger partial charge in [-0.05, 0) is 32.6 Å². The summed E-state index contributed by atoms with van der Waals surface area (Å²) in [5.74, 6) is -0.222. The van der Waals surface area contributed by atoms with Gasteiger partial charge in [-0.15, -0.1) is 12.4 Å². The molecule has 6 heteroatoms. The number of halogens is 1. The molecule has 1 saturated carbocycles. The largest absolute Gasteiger partial charge is 0.368 e. The Labute approximate surface area is 115 Å². The van der Waals surface area contributed by atoms with E-state index in [0.29, 0.717) is 6.42 Å². The maximum atomic E-state index is 12.1. The number of carbonyl (C=O) groups excluding carboxylic acids is 2. The Morgan fingerprint density at radius 3 is 2.33 bits per heavy atom. The Morgan fingerprint density at radius 1 is 1.33 bits per heavy atom. The van der Waals surface area contributed by atoms with E-state index in [4.69, 9.17) is 11.5 Å². The molecule has 5 nitrogen and oxygen atoms in total. The molecule has 1 aliphatic rings. The standard InChI is InChI=1S/C12H23N3O2.ClH/c1-8(2)15(7-11(14)16)12(17)6-9-4-3-5-10(9)13;/h8-10H,3-7,13H2,1-2H3,(H2,14,16);1H/t9-,10+;/m0./s1. The number of hydrogen-bond donors (Lipinski definition) is 2. The van der Waals surface area contributed by atoms with E-state index in [1.165, 1.54) is 4.90 Å². The quantitative estimate of drug-likeness (QED) is 0.773. The zero-order valence-electron chi connectivity index (χ0n) is 11.1. The molecule has 0 aromatic carbocycles. The third-order valence-corrected chi connectivity index (χ3v) is 3.42. The summed E-state index contributed by atoms with van der Waals surface area (Å²) < 4.78 is 0. The van der Waals surface area contributed by atoms with Crippen LogP contribution in [0.5, 0.6) is 0 Å². The van der Waals surface area contributed by atoms with Crippen LogP contribution in [0.2, 0.25) is 0 Å². The fraction of sp³-hybridized carbons (Fsp3) is 0.833. The second kappa shape index (κ2) is 7.59. The third kappa shape index (κ3) is 4.82. The van der Waals surface area contributed by atoms with Gasteiger partial charge in [-0.25, -0.2) is 0 Å². The van der Waals surface area contributed by atoms with Crippen LogP contribution < -0.4 is 11.5 Å². The van der Waals surface area contributed by atoms with Crippen LogP contribution in [0.15, 0.2) is 0 Å². The molecule has 0 unspecified atom stereocenters. The molecule has 0 bridgehead atoms. The fourth-order valence-corrected chi connectivity index (χ4v) is 2.39. The van der Waals surface area contributed by atoms with Crippen molar-refractivity contribution >= 4 is 24.2 Å². The minimum atomic E-state index is -0.470. The number of hydrogen-bond acceptors (Lipinski definition) is 3. The highest BCUT2D eigenvalue weighted by atomic mass is 35.5. The van der Waals surface area contributed by atoms with Gasteiger partial charge in [0.25, 0.3) is 0 Å². The summed E-state index contributed by atoms with van der Waals surface area (Å²) in [5, 5.41) is 0. The zero-order chi connectivity index (χ0) is 13.0. The normalized spacial score (nSPS) is 22.7. The molecule has 0 aromatic rings. The summed E-state index contributed by atoms with van der Waals surface area (Å²) in [5.41, 5.74) is 11.1. The van der Waals surface area contributed by atoms with Gasteiger partial charge in [-0.2, -0.15) is 0 Å². The second-order valence-electron chi connectivity index (χ2n) is 5.14. The average Bonchev–Trinajstić information content (AvgIpc) is 2.60. The molecule has 4 N–H and O–H groups in total. The highest BCUT2D eigenvalue weighted by Crippen LogP contribution is 2.27. The minimum absolute atomic E-state index is 0. The van der Waals surface area contributed by atoms with E-state index in [2.05, 4.69) is 0 Å². The highest BCUT2D eigenvalue weighted by molar-refractivity contribution is 5.85. The summed E-state index contributed by atoms with van der Waals surface area (Å²) >= 11 is 0. The summed E-state index contributed by atoms with van der Waals surface area (Å²) in [7, 11) is 0. The van der Waals surface area contributed by atoms with Crippen LogP contribution in [0.3, 0.4) is 0 Å². The molecule has 2 atom stereocenters. The van der Waals surface area contributed by atoms with Gasteiger partial charge >= 0.3 is 0 Å². The van der Waals surface area contributed by atoms with Crippen molar-refractivity contribution in [2.24, 2.45) is 17.4 Å². The topological polar surface area (TPSA) is 89.4 Å². The van der Waals surface area contributed by atoms with E-state index in [-0.39, 0.29) is 42.9 Å². The van der Waals surface area contributed by atoms with Crippen LogP contribution in [0.1, 0.15) is 39.5 Å². The molecular formula is C12H24ClN3O2. The predicted octanol–water partition coefficient (Wildman–Crippen LogP) is 0.648. The van der Waals surface area contributed by atoms with Gasteiger partial charge in [-0.1, -0.05) is 6.42 Å². The van der Waals surface area contributed by atoms with Crippen molar-refractivity contribution in [3.63, 3.8) is 0 Å². The average molecular weight is 278 g/mol. The van der Waals surface area contributed by atoms with Crippen molar-refractivity contribution in [3.05, 3.63) is 0 Å². The third-order valence-electron chi connectivity index (χ3n) is 3.42. The van der Waals surface area contributed by atoms with Crippen LogP contribution in [-0.4, -0.2) is 35.3 Å². The Bertz CT molecular complexity index is 297. The highest BCUT2D eigenvalue weighted by Gasteiger charge is 2.29. The van der Waals surface area contributed by atoms with E-state index in [0.717, 1.165) is 19.3 Å². The van der Waals surface area contributed by atoms with E-state index in [9.17, 15) is 9.59 Å². The van der Waals surface area contributed by atoms with Crippen LogP contribution >= 0.6 is 12.4 Å². The summed E-state index contributed by atoms with van der Waals surface area (Å²) in [6, 6.07) is 0.120. The van der Waals surface area contributed by atoms with Crippen molar-refractivity contribution in [1.29, 1.82) is 0 Å². The number of nitrogens with zero attached hydrogens (tertiary/aromatic N) is 1. The fourth-order valence-electron chi connectivity index (χ4n) is 2.39. The van der Waals surface area contributed by atoms with E-state index >= 15 is 0 Å². The van der Waals surface area contributed by atoms with Crippen LogP contribution in [0.25, 0.3) is 0 Å². The number of rotatable bonds is 5. The summed E-state index contributed by atoms with van der Waals surface area (Å²) in [4.78, 5) is 24.5. The monoisotopic (exact) mass is 277 g/mol. The van der Waals surface area contributed by atoms with Gasteiger partial charge in [0.15, 0.2) is 0 Å². The van der Waals surface area contributed by atoms with Crippen LogP contribution in [0, 0.1) is 5.92 Å². The molecule has 106 valence electrons. The molecule has 1 fully saturated rings. The Kier molecular flexibility index (Phi) is 7.25.